The van der Waals surface area contributed by atoms with E-state index < -0.39 is 16.1 Å². The number of carboxylic acid groups (broad SMARTS) is 1. The molecule has 1 rings (SSSR count). The summed E-state index contributed by atoms with van der Waals surface area (Å²) in [6.45, 7) is 4.48. The first kappa shape index (κ1) is 36.6. The number of aryl methyl sites for hydroxylation is 1. The van der Waals surface area contributed by atoms with Gasteiger partial charge >= 0.3 is 5.97 Å². The van der Waals surface area contributed by atoms with Gasteiger partial charge in [-0.05, 0) is 30.9 Å². The molecule has 1 aromatic rings. The van der Waals surface area contributed by atoms with Crippen LogP contribution in [0.25, 0.3) is 0 Å². The Hall–Kier alpha value is -1.40. The SMILES string of the molecule is CCCCCCCCCCCCCC(=O)O.CCCCCCCCCCCCc1ccccc1S(=O)(=O)O. The Bertz CT molecular complexity index is 776. The number of hydrogen-bond donors (Lipinski definition) is 2. The molecule has 0 amide bonds. The van der Waals surface area contributed by atoms with Crippen LogP contribution in [0.3, 0.4) is 0 Å². The topological polar surface area (TPSA) is 91.7 Å². The molecule has 2 N–H and O–H groups in total. The first-order chi connectivity index (χ1) is 18.3. The minimum absolute atomic E-state index is 0.0610. The van der Waals surface area contributed by atoms with Crippen molar-refractivity contribution >= 4 is 16.1 Å². The molecule has 0 aliphatic carbocycles. The molecule has 1 aromatic carbocycles. The lowest BCUT2D eigenvalue weighted by Gasteiger charge is -2.07. The van der Waals surface area contributed by atoms with Crippen molar-refractivity contribution in [3.8, 4) is 0 Å². The van der Waals surface area contributed by atoms with Crippen molar-refractivity contribution in [2.75, 3.05) is 0 Å². The Balaban J connectivity index is 0.000000761. The fourth-order valence-electron chi connectivity index (χ4n) is 4.71. The summed E-state index contributed by atoms with van der Waals surface area (Å²) in [5, 5.41) is 8.46. The molecule has 5 nitrogen and oxygen atoms in total. The van der Waals surface area contributed by atoms with Gasteiger partial charge in [-0.25, -0.2) is 0 Å². The second kappa shape index (κ2) is 25.9. The molecule has 0 unspecified atom stereocenters. The summed E-state index contributed by atoms with van der Waals surface area (Å²) in [6.07, 6.45) is 27.7. The molecule has 0 saturated carbocycles. The normalized spacial score (nSPS) is 11.2. The van der Waals surface area contributed by atoms with Gasteiger partial charge in [-0.15, -0.1) is 0 Å². The molecule has 0 bridgehead atoms. The van der Waals surface area contributed by atoms with Crippen LogP contribution in [0.15, 0.2) is 29.2 Å². The van der Waals surface area contributed by atoms with E-state index in [9.17, 15) is 17.8 Å². The van der Waals surface area contributed by atoms with Gasteiger partial charge in [-0.1, -0.05) is 154 Å². The summed E-state index contributed by atoms with van der Waals surface area (Å²) in [6, 6.07) is 6.73. The smallest absolute Gasteiger partial charge is 0.303 e. The summed E-state index contributed by atoms with van der Waals surface area (Å²) in [4.78, 5) is 10.3. The number of rotatable bonds is 24. The van der Waals surface area contributed by atoms with Gasteiger partial charge in [0.15, 0.2) is 0 Å². The Labute approximate surface area is 235 Å². The predicted molar refractivity (Wildman–Crippen MR) is 161 cm³/mol. The van der Waals surface area contributed by atoms with Crippen molar-refractivity contribution < 1.29 is 22.9 Å². The van der Waals surface area contributed by atoms with Crippen LogP contribution in [0, 0.1) is 0 Å². The molecule has 0 aromatic heterocycles. The lowest BCUT2D eigenvalue weighted by Crippen LogP contribution is -2.03. The van der Waals surface area contributed by atoms with E-state index in [1.165, 1.54) is 115 Å². The highest BCUT2D eigenvalue weighted by atomic mass is 32.2. The zero-order valence-corrected chi connectivity index (χ0v) is 25.4. The third kappa shape index (κ3) is 23.7. The minimum atomic E-state index is -4.10. The number of carbonyl (C=O) groups is 1. The number of benzene rings is 1. The minimum Gasteiger partial charge on any atom is -0.481 e. The molecule has 0 radical (unpaired) electrons. The van der Waals surface area contributed by atoms with Gasteiger partial charge in [0.1, 0.15) is 0 Å². The van der Waals surface area contributed by atoms with Gasteiger partial charge in [0.2, 0.25) is 0 Å². The summed E-state index contributed by atoms with van der Waals surface area (Å²) in [7, 11) is -4.10. The van der Waals surface area contributed by atoms with E-state index in [1.54, 1.807) is 12.1 Å². The van der Waals surface area contributed by atoms with E-state index in [0.717, 1.165) is 31.2 Å². The van der Waals surface area contributed by atoms with E-state index in [-0.39, 0.29) is 4.90 Å². The molecule has 222 valence electrons. The third-order valence-corrected chi connectivity index (χ3v) is 8.00. The lowest BCUT2D eigenvalue weighted by atomic mass is 10.0. The van der Waals surface area contributed by atoms with Crippen LogP contribution in [-0.2, 0) is 21.3 Å². The summed E-state index contributed by atoms with van der Waals surface area (Å²) >= 11 is 0. The van der Waals surface area contributed by atoms with Crippen molar-refractivity contribution in [1.29, 1.82) is 0 Å². The van der Waals surface area contributed by atoms with Crippen molar-refractivity contribution in [3.63, 3.8) is 0 Å². The van der Waals surface area contributed by atoms with Crippen LogP contribution in [-0.4, -0.2) is 24.0 Å². The maximum absolute atomic E-state index is 11.3. The fraction of sp³-hybridized carbons (Fsp3) is 0.781. The van der Waals surface area contributed by atoms with Crippen LogP contribution in [0.1, 0.15) is 161 Å². The average molecular weight is 555 g/mol. The first-order valence-electron chi connectivity index (χ1n) is 15.6. The van der Waals surface area contributed by atoms with Crippen molar-refractivity contribution in [3.05, 3.63) is 29.8 Å². The van der Waals surface area contributed by atoms with Gasteiger partial charge in [0.25, 0.3) is 10.1 Å². The van der Waals surface area contributed by atoms with Gasteiger partial charge in [-0.3, -0.25) is 9.35 Å². The largest absolute Gasteiger partial charge is 0.481 e. The van der Waals surface area contributed by atoms with E-state index in [4.69, 9.17) is 5.11 Å². The molecule has 6 heteroatoms. The van der Waals surface area contributed by atoms with Gasteiger partial charge in [0.05, 0.1) is 4.90 Å². The molecule has 0 atom stereocenters. The van der Waals surface area contributed by atoms with Gasteiger partial charge in [-0.2, -0.15) is 8.42 Å². The van der Waals surface area contributed by atoms with Crippen molar-refractivity contribution in [2.45, 2.75) is 166 Å². The van der Waals surface area contributed by atoms with E-state index in [1.807, 2.05) is 6.07 Å². The standard InChI is InChI=1S/C18H30O3S.C14H28O2/c1-2-3-4-5-6-7-8-9-10-11-14-17-15-12-13-16-18(17)22(19,20)21;1-2-3-4-5-6-7-8-9-10-11-12-13-14(15)16/h12-13,15-16H,2-11,14H2,1H3,(H,19,20,21);2-13H2,1H3,(H,15,16). The summed E-state index contributed by atoms with van der Waals surface area (Å²) in [5.41, 5.74) is 0.726. The Morgan fingerprint density at radius 3 is 1.37 bits per heavy atom. The highest BCUT2D eigenvalue weighted by Gasteiger charge is 2.13. The Kier molecular flexibility index (Phi) is 24.9. The third-order valence-electron chi connectivity index (χ3n) is 7.04. The van der Waals surface area contributed by atoms with Crippen molar-refractivity contribution in [2.24, 2.45) is 0 Å². The number of aliphatic carboxylic acids is 1. The average Bonchev–Trinajstić information content (AvgIpc) is 2.88. The zero-order chi connectivity index (χ0) is 28.3. The van der Waals surface area contributed by atoms with Crippen LogP contribution in [0.2, 0.25) is 0 Å². The molecule has 0 spiro atoms. The van der Waals surface area contributed by atoms with Crippen LogP contribution in [0.4, 0.5) is 0 Å². The second-order valence-electron chi connectivity index (χ2n) is 10.7. The Morgan fingerprint density at radius 1 is 0.605 bits per heavy atom. The highest BCUT2D eigenvalue weighted by Crippen LogP contribution is 2.18. The molecule has 0 heterocycles. The van der Waals surface area contributed by atoms with E-state index in [0.29, 0.717) is 12.8 Å². The van der Waals surface area contributed by atoms with Crippen LogP contribution in [0.5, 0.6) is 0 Å². The second-order valence-corrected chi connectivity index (χ2v) is 12.1. The molecule has 0 saturated heterocycles. The van der Waals surface area contributed by atoms with Gasteiger partial charge < -0.3 is 5.11 Å². The Morgan fingerprint density at radius 2 is 0.974 bits per heavy atom. The molecule has 38 heavy (non-hydrogen) atoms. The maximum Gasteiger partial charge on any atom is 0.303 e. The molecule has 0 aliphatic heterocycles. The molecular weight excluding hydrogens is 496 g/mol. The molecule has 0 fully saturated rings. The predicted octanol–water partition coefficient (Wildman–Crippen LogP) is 10.2. The quantitative estimate of drug-likeness (QED) is 0.0979. The summed E-state index contributed by atoms with van der Waals surface area (Å²) < 4.78 is 31.8. The lowest BCUT2D eigenvalue weighted by molar-refractivity contribution is -0.137. The number of carboxylic acids is 1. The monoisotopic (exact) mass is 554 g/mol. The summed E-state index contributed by atoms with van der Waals surface area (Å²) in [5.74, 6) is -0.657. The van der Waals surface area contributed by atoms with E-state index in [2.05, 4.69) is 13.8 Å². The highest BCUT2D eigenvalue weighted by molar-refractivity contribution is 7.85. The first-order valence-corrected chi connectivity index (χ1v) is 17.0. The number of hydrogen-bond acceptors (Lipinski definition) is 3. The molecule has 0 aliphatic rings. The number of unbranched alkanes of at least 4 members (excludes halogenated alkanes) is 19. The maximum atomic E-state index is 11.3. The van der Waals surface area contributed by atoms with Crippen molar-refractivity contribution in [1.82, 2.24) is 0 Å². The van der Waals surface area contributed by atoms with Gasteiger partial charge in [0, 0.05) is 6.42 Å². The van der Waals surface area contributed by atoms with Crippen LogP contribution < -0.4 is 0 Å². The van der Waals surface area contributed by atoms with Crippen LogP contribution >= 0.6 is 0 Å². The fourth-order valence-corrected chi connectivity index (χ4v) is 5.46. The zero-order valence-electron chi connectivity index (χ0n) is 24.6. The molecular formula is C32H58O5S. The van der Waals surface area contributed by atoms with E-state index >= 15 is 0 Å².